The molecule has 0 saturated heterocycles. The standard InChI is InChI=1S/C4H12N.HI.Li/c1-5(2,3)4;;/h1-4H3;1H;/q+1;;/p-1. The third-order valence-corrected chi connectivity index (χ3v) is 0. The van der Waals surface area contributed by atoms with Gasteiger partial charge in [-0.05, 0) is 0 Å². The van der Waals surface area contributed by atoms with Gasteiger partial charge in [0.2, 0.25) is 0 Å². The third-order valence-electron chi connectivity index (χ3n) is 0. The van der Waals surface area contributed by atoms with Gasteiger partial charge < -0.3 is 28.5 Å². The first-order valence-corrected chi connectivity index (χ1v) is 1.79. The van der Waals surface area contributed by atoms with E-state index in [9.17, 15) is 0 Å². The van der Waals surface area contributed by atoms with Crippen LogP contribution in [0.15, 0.2) is 0 Å². The van der Waals surface area contributed by atoms with E-state index in [4.69, 9.17) is 0 Å². The van der Waals surface area contributed by atoms with Crippen LogP contribution in [0.3, 0.4) is 0 Å². The molecular formula is C4H12ILiN. The summed E-state index contributed by atoms with van der Waals surface area (Å²) in [5.41, 5.74) is 0. The minimum atomic E-state index is 0. The Morgan fingerprint density at radius 3 is 0.857 bits per heavy atom. The van der Waals surface area contributed by atoms with Crippen LogP contribution in [-0.2, 0) is 0 Å². The number of rotatable bonds is 0. The maximum absolute atomic E-state index is 2.12. The predicted molar refractivity (Wildman–Crippen MR) is 29.7 cm³/mol. The summed E-state index contributed by atoms with van der Waals surface area (Å²) in [4.78, 5) is 0. The summed E-state index contributed by atoms with van der Waals surface area (Å²) < 4.78 is 1.00. The first-order valence-electron chi connectivity index (χ1n) is 1.79. The molecule has 0 aromatic carbocycles. The Morgan fingerprint density at radius 1 is 0.857 bits per heavy atom. The zero-order valence-electron chi connectivity index (χ0n) is 5.83. The number of hydrogen-bond donors (Lipinski definition) is 0. The zero-order valence-corrected chi connectivity index (χ0v) is 7.98. The zero-order chi connectivity index (χ0) is 4.50. The molecule has 41 valence electrons. The van der Waals surface area contributed by atoms with Crippen molar-refractivity contribution in [1.29, 1.82) is 0 Å². The third kappa shape index (κ3) is 123. The Hall–Kier alpha value is 1.29. The van der Waals surface area contributed by atoms with E-state index in [1.807, 2.05) is 0 Å². The van der Waals surface area contributed by atoms with Gasteiger partial charge in [-0.2, -0.15) is 0 Å². The van der Waals surface area contributed by atoms with Gasteiger partial charge in [-0.1, -0.05) is 0 Å². The van der Waals surface area contributed by atoms with Crippen LogP contribution in [0.25, 0.3) is 0 Å². The molecule has 0 spiro atoms. The normalized spacial score (nSPS) is 8.57. The fourth-order valence-corrected chi connectivity index (χ4v) is 0. The minimum absolute atomic E-state index is 0. The molecule has 0 bridgehead atoms. The van der Waals surface area contributed by atoms with Crippen LogP contribution in [0.2, 0.25) is 0 Å². The van der Waals surface area contributed by atoms with Crippen molar-refractivity contribution in [3.05, 3.63) is 0 Å². The van der Waals surface area contributed by atoms with Gasteiger partial charge in [0.25, 0.3) is 0 Å². The molecule has 0 unspecified atom stereocenters. The van der Waals surface area contributed by atoms with Crippen molar-refractivity contribution in [1.82, 2.24) is 0 Å². The second-order valence-corrected chi connectivity index (χ2v) is 2.68. The Bertz CT molecular complexity index is 27.2. The van der Waals surface area contributed by atoms with Crippen LogP contribution in [0.1, 0.15) is 0 Å². The van der Waals surface area contributed by atoms with E-state index in [0.717, 1.165) is 4.48 Å². The van der Waals surface area contributed by atoms with Crippen LogP contribution >= 0.6 is 0 Å². The first-order chi connectivity index (χ1) is 2.00. The van der Waals surface area contributed by atoms with Gasteiger partial charge in [0.15, 0.2) is 0 Å². The van der Waals surface area contributed by atoms with Crippen LogP contribution in [0, 0.1) is 0 Å². The fourth-order valence-electron chi connectivity index (χ4n) is 0. The van der Waals surface area contributed by atoms with Crippen LogP contribution in [0.5, 0.6) is 0 Å². The van der Waals surface area contributed by atoms with Gasteiger partial charge in [-0.15, -0.1) is 0 Å². The molecule has 0 heterocycles. The quantitative estimate of drug-likeness (QED) is 0.225. The molecule has 0 atom stereocenters. The van der Waals surface area contributed by atoms with Crippen molar-refractivity contribution >= 4 is 18.9 Å². The molecular weight excluding hydrogens is 196 g/mol. The Morgan fingerprint density at radius 2 is 0.857 bits per heavy atom. The Labute approximate surface area is 75.2 Å². The summed E-state index contributed by atoms with van der Waals surface area (Å²) >= 11 is 0. The van der Waals surface area contributed by atoms with E-state index in [-0.39, 0.29) is 42.8 Å². The van der Waals surface area contributed by atoms with Gasteiger partial charge in [-0.3, -0.25) is 0 Å². The summed E-state index contributed by atoms with van der Waals surface area (Å²) in [6.45, 7) is 0. The molecule has 3 heteroatoms. The molecule has 7 heavy (non-hydrogen) atoms. The van der Waals surface area contributed by atoms with E-state index >= 15 is 0 Å². The van der Waals surface area contributed by atoms with E-state index in [1.54, 1.807) is 0 Å². The van der Waals surface area contributed by atoms with Crippen molar-refractivity contribution in [3.8, 4) is 0 Å². The maximum Gasteiger partial charge on any atom is 0.0675 e. The monoisotopic (exact) mass is 208 g/mol. The molecule has 0 aromatic heterocycles. The average molecular weight is 208 g/mol. The summed E-state index contributed by atoms with van der Waals surface area (Å²) in [5, 5.41) is 0. The summed E-state index contributed by atoms with van der Waals surface area (Å²) in [6.07, 6.45) is 0. The van der Waals surface area contributed by atoms with Crippen molar-refractivity contribution in [2.75, 3.05) is 28.2 Å². The molecule has 0 aromatic rings. The largest absolute Gasteiger partial charge is 1.00 e. The van der Waals surface area contributed by atoms with E-state index in [0.29, 0.717) is 0 Å². The van der Waals surface area contributed by atoms with Gasteiger partial charge in [0, 0.05) is 18.9 Å². The molecule has 0 aliphatic carbocycles. The molecule has 0 amide bonds. The molecule has 1 nitrogen and oxygen atoms in total. The summed E-state index contributed by atoms with van der Waals surface area (Å²) in [7, 11) is 8.50. The van der Waals surface area contributed by atoms with E-state index < -0.39 is 0 Å². The molecule has 0 saturated carbocycles. The second-order valence-electron chi connectivity index (χ2n) is 2.68. The smallest absolute Gasteiger partial charge is 0.0675 e. The average Bonchev–Trinajstić information content (AvgIpc) is 0.722. The van der Waals surface area contributed by atoms with Crippen molar-refractivity contribution in [2.45, 2.75) is 0 Å². The molecule has 0 fully saturated rings. The van der Waals surface area contributed by atoms with Crippen molar-refractivity contribution in [2.24, 2.45) is 0 Å². The molecule has 0 aliphatic heterocycles. The van der Waals surface area contributed by atoms with Crippen LogP contribution in [-0.4, -0.2) is 51.5 Å². The van der Waals surface area contributed by atoms with Crippen LogP contribution < -0.4 is 24.0 Å². The molecule has 0 N–H and O–H groups in total. The Kier molecular flexibility index (Phi) is 12.2. The number of hydrogen-bond acceptors (Lipinski definition) is 0. The number of halogens is 1. The molecule has 1 radical (unpaired) electrons. The fraction of sp³-hybridized carbons (Fsp3) is 1.00. The predicted octanol–water partition coefficient (Wildman–Crippen LogP) is -3.05. The van der Waals surface area contributed by atoms with Gasteiger partial charge >= 0.3 is 0 Å². The first kappa shape index (κ1) is 15.7. The summed E-state index contributed by atoms with van der Waals surface area (Å²) in [6, 6.07) is 0. The molecule has 0 rings (SSSR count). The number of nitrogens with zero attached hydrogens (tertiary/aromatic N) is 1. The van der Waals surface area contributed by atoms with Crippen molar-refractivity contribution in [3.63, 3.8) is 0 Å². The Balaban J connectivity index is -0.0000000800. The second kappa shape index (κ2) is 5.42. The summed E-state index contributed by atoms with van der Waals surface area (Å²) in [5.74, 6) is 0. The van der Waals surface area contributed by atoms with Gasteiger partial charge in [0.1, 0.15) is 0 Å². The van der Waals surface area contributed by atoms with Crippen molar-refractivity contribution < 1.29 is 28.5 Å². The van der Waals surface area contributed by atoms with E-state index in [1.165, 1.54) is 0 Å². The maximum atomic E-state index is 2.12. The SMILES string of the molecule is C[N+](C)(C)C.[I-].[Li]. The van der Waals surface area contributed by atoms with Gasteiger partial charge in [-0.25, -0.2) is 0 Å². The number of quaternary nitrogens is 1. The topological polar surface area (TPSA) is 0 Å². The molecule has 0 aliphatic rings. The minimum Gasteiger partial charge on any atom is -1.00 e. The van der Waals surface area contributed by atoms with Gasteiger partial charge in [0.05, 0.1) is 28.2 Å². The van der Waals surface area contributed by atoms with Crippen LogP contribution in [0.4, 0.5) is 0 Å². The van der Waals surface area contributed by atoms with E-state index in [2.05, 4.69) is 28.2 Å².